The van der Waals surface area contributed by atoms with Gasteiger partial charge >= 0.3 is 12.1 Å². The average Bonchev–Trinajstić information content (AvgIpc) is 3.11. The molecule has 1 fully saturated rings. The first-order chi connectivity index (χ1) is 15.0. The molecular formula is C23H24N2O5S. The van der Waals surface area contributed by atoms with Gasteiger partial charge in [0, 0.05) is 24.0 Å². The van der Waals surface area contributed by atoms with Crippen LogP contribution in [0.2, 0.25) is 0 Å². The van der Waals surface area contributed by atoms with Gasteiger partial charge in [-0.1, -0.05) is 48.5 Å². The van der Waals surface area contributed by atoms with Crippen LogP contribution in [0.25, 0.3) is 11.1 Å². The predicted molar refractivity (Wildman–Crippen MR) is 118 cm³/mol. The maximum Gasteiger partial charge on any atom is 0.407 e. The molecule has 2 unspecified atom stereocenters. The monoisotopic (exact) mass is 440 g/mol. The summed E-state index contributed by atoms with van der Waals surface area (Å²) in [4.78, 5) is 37.9. The van der Waals surface area contributed by atoms with Gasteiger partial charge in [0.2, 0.25) is 5.91 Å². The number of hydrogen-bond acceptors (Lipinski definition) is 5. The summed E-state index contributed by atoms with van der Waals surface area (Å²) in [6.07, 6.45) is -0.694. The van der Waals surface area contributed by atoms with Crippen LogP contribution >= 0.6 is 11.8 Å². The van der Waals surface area contributed by atoms with Crippen LogP contribution in [0, 0.1) is 0 Å². The number of thioether (sulfide) groups is 1. The van der Waals surface area contributed by atoms with Gasteiger partial charge in [-0.25, -0.2) is 9.59 Å². The number of nitrogens with zero attached hydrogens (tertiary/aromatic N) is 1. The Morgan fingerprint density at radius 2 is 1.74 bits per heavy atom. The van der Waals surface area contributed by atoms with E-state index in [0.29, 0.717) is 18.1 Å². The molecule has 0 spiro atoms. The fourth-order valence-electron chi connectivity index (χ4n) is 4.20. The molecule has 7 nitrogen and oxygen atoms in total. The number of fused-ring (bicyclic) bond motifs is 3. The van der Waals surface area contributed by atoms with Crippen molar-refractivity contribution in [1.29, 1.82) is 0 Å². The smallest absolute Gasteiger partial charge is 0.407 e. The highest BCUT2D eigenvalue weighted by Gasteiger charge is 2.35. The van der Waals surface area contributed by atoms with Crippen LogP contribution in [-0.4, -0.2) is 64.7 Å². The van der Waals surface area contributed by atoms with E-state index in [2.05, 4.69) is 17.4 Å². The highest BCUT2D eigenvalue weighted by atomic mass is 32.2. The number of hydrogen-bond donors (Lipinski definition) is 2. The fourth-order valence-corrected chi connectivity index (χ4v) is 5.24. The molecule has 1 heterocycles. The van der Waals surface area contributed by atoms with Crippen molar-refractivity contribution in [2.45, 2.75) is 24.9 Å². The summed E-state index contributed by atoms with van der Waals surface area (Å²) in [5, 5.41) is 11.9. The number of ether oxygens (including phenoxy) is 1. The van der Waals surface area contributed by atoms with Gasteiger partial charge in [-0.2, -0.15) is 11.8 Å². The zero-order chi connectivity index (χ0) is 22.0. The predicted octanol–water partition coefficient (Wildman–Crippen LogP) is 2.94. The number of carboxylic acids is 1. The van der Waals surface area contributed by atoms with E-state index in [0.717, 1.165) is 22.3 Å². The van der Waals surface area contributed by atoms with E-state index in [1.807, 2.05) is 36.4 Å². The van der Waals surface area contributed by atoms with Gasteiger partial charge in [-0.05, 0) is 29.2 Å². The molecule has 8 heteroatoms. The molecule has 1 saturated heterocycles. The van der Waals surface area contributed by atoms with Crippen molar-refractivity contribution in [1.82, 2.24) is 10.2 Å². The van der Waals surface area contributed by atoms with Crippen LogP contribution in [0.3, 0.4) is 0 Å². The largest absolute Gasteiger partial charge is 0.480 e. The van der Waals surface area contributed by atoms with Crippen molar-refractivity contribution >= 4 is 29.7 Å². The minimum atomic E-state index is -1.03. The third kappa shape index (κ3) is 4.25. The molecule has 2 aromatic rings. The van der Waals surface area contributed by atoms with E-state index in [4.69, 9.17) is 4.74 Å². The van der Waals surface area contributed by atoms with Gasteiger partial charge in [-0.3, -0.25) is 4.79 Å². The molecule has 0 saturated carbocycles. The van der Waals surface area contributed by atoms with Gasteiger partial charge in [0.05, 0.1) is 0 Å². The van der Waals surface area contributed by atoms with Gasteiger partial charge in [0.15, 0.2) is 0 Å². The van der Waals surface area contributed by atoms with Gasteiger partial charge in [0.25, 0.3) is 0 Å². The second-order valence-corrected chi connectivity index (χ2v) is 8.80. The number of amides is 2. The van der Waals surface area contributed by atoms with E-state index in [1.165, 1.54) is 16.7 Å². The third-order valence-corrected chi connectivity index (χ3v) is 6.77. The first kappa shape index (κ1) is 21.2. The van der Waals surface area contributed by atoms with Crippen LogP contribution in [0.15, 0.2) is 48.5 Å². The third-order valence-electron chi connectivity index (χ3n) is 5.75. The quantitative estimate of drug-likeness (QED) is 0.742. The number of aliphatic carboxylic acids is 1. The minimum Gasteiger partial charge on any atom is -0.480 e. The number of nitrogens with one attached hydrogen (secondary N) is 1. The number of alkyl carbamates (subject to hydrolysis) is 1. The van der Waals surface area contributed by atoms with Crippen molar-refractivity contribution < 1.29 is 24.2 Å². The molecule has 0 aromatic heterocycles. The molecule has 0 radical (unpaired) electrons. The SMILES string of the molecule is CC(NC(=O)OCC1c2ccccc2-c2ccccc21)C(=O)N1CCSCC1C(=O)O. The van der Waals surface area contributed by atoms with Gasteiger partial charge < -0.3 is 20.1 Å². The minimum absolute atomic E-state index is 0.0698. The first-order valence-corrected chi connectivity index (χ1v) is 11.4. The zero-order valence-electron chi connectivity index (χ0n) is 17.1. The van der Waals surface area contributed by atoms with Crippen LogP contribution in [0.1, 0.15) is 24.0 Å². The zero-order valence-corrected chi connectivity index (χ0v) is 17.9. The normalized spacial score (nSPS) is 18.6. The fraction of sp³-hybridized carbons (Fsp3) is 0.348. The van der Waals surface area contributed by atoms with Crippen molar-refractivity contribution in [3.8, 4) is 11.1 Å². The van der Waals surface area contributed by atoms with E-state index >= 15 is 0 Å². The molecule has 2 aliphatic rings. The van der Waals surface area contributed by atoms with Crippen molar-refractivity contribution in [3.05, 3.63) is 59.7 Å². The van der Waals surface area contributed by atoms with E-state index in [9.17, 15) is 19.5 Å². The maximum absolute atomic E-state index is 12.7. The van der Waals surface area contributed by atoms with Crippen LogP contribution in [0.4, 0.5) is 4.79 Å². The van der Waals surface area contributed by atoms with Crippen molar-refractivity contribution in [2.75, 3.05) is 24.7 Å². The summed E-state index contributed by atoms with van der Waals surface area (Å²) in [7, 11) is 0. The number of carbonyl (C=O) groups excluding carboxylic acids is 2. The number of carboxylic acid groups (broad SMARTS) is 1. The molecule has 1 aliphatic heterocycles. The molecule has 2 N–H and O–H groups in total. The number of rotatable bonds is 5. The van der Waals surface area contributed by atoms with E-state index in [-0.39, 0.29) is 12.5 Å². The number of carbonyl (C=O) groups is 3. The van der Waals surface area contributed by atoms with Gasteiger partial charge in [-0.15, -0.1) is 0 Å². The lowest BCUT2D eigenvalue weighted by Gasteiger charge is -2.34. The lowest BCUT2D eigenvalue weighted by atomic mass is 9.98. The summed E-state index contributed by atoms with van der Waals surface area (Å²) in [6, 6.07) is 14.4. The molecule has 2 aromatic carbocycles. The Morgan fingerprint density at radius 1 is 1.13 bits per heavy atom. The summed E-state index contributed by atoms with van der Waals surface area (Å²) in [6.45, 7) is 2.04. The molecule has 162 valence electrons. The Morgan fingerprint density at radius 3 is 2.35 bits per heavy atom. The molecule has 0 bridgehead atoms. The van der Waals surface area contributed by atoms with Crippen molar-refractivity contribution in [2.24, 2.45) is 0 Å². The van der Waals surface area contributed by atoms with E-state index < -0.39 is 30.1 Å². The van der Waals surface area contributed by atoms with Crippen molar-refractivity contribution in [3.63, 3.8) is 0 Å². The van der Waals surface area contributed by atoms with Crippen LogP contribution in [-0.2, 0) is 14.3 Å². The van der Waals surface area contributed by atoms with E-state index in [1.54, 1.807) is 6.92 Å². The first-order valence-electron chi connectivity index (χ1n) is 10.2. The summed E-state index contributed by atoms with van der Waals surface area (Å²) in [5.74, 6) is -0.499. The van der Waals surface area contributed by atoms with Crippen LogP contribution < -0.4 is 5.32 Å². The second kappa shape index (κ2) is 9.01. The Labute approximate surface area is 184 Å². The molecular weight excluding hydrogens is 416 g/mol. The highest BCUT2D eigenvalue weighted by Crippen LogP contribution is 2.44. The molecule has 2 atom stereocenters. The summed E-state index contributed by atoms with van der Waals surface area (Å²) < 4.78 is 5.48. The Bertz CT molecular complexity index is 965. The Kier molecular flexibility index (Phi) is 6.18. The summed E-state index contributed by atoms with van der Waals surface area (Å²) >= 11 is 1.50. The number of benzene rings is 2. The topological polar surface area (TPSA) is 95.9 Å². The Balaban J connectivity index is 1.38. The van der Waals surface area contributed by atoms with Gasteiger partial charge in [0.1, 0.15) is 18.7 Å². The molecule has 1 aliphatic carbocycles. The standard InChI is InChI=1S/C23H24N2O5S/c1-14(21(26)25-10-11-31-13-20(25)22(27)28)24-23(29)30-12-19-17-8-4-2-6-15(17)16-7-3-5-9-18(16)19/h2-9,14,19-20H,10-13H2,1H3,(H,24,29)(H,27,28). The maximum atomic E-state index is 12.7. The molecule has 31 heavy (non-hydrogen) atoms. The highest BCUT2D eigenvalue weighted by molar-refractivity contribution is 7.99. The molecule has 2 amide bonds. The molecule has 4 rings (SSSR count). The lowest BCUT2D eigenvalue weighted by Crippen LogP contribution is -2.56. The average molecular weight is 441 g/mol. The second-order valence-electron chi connectivity index (χ2n) is 7.65. The summed E-state index contributed by atoms with van der Waals surface area (Å²) in [5.41, 5.74) is 4.49. The lowest BCUT2D eigenvalue weighted by molar-refractivity contribution is -0.149. The Hall–Kier alpha value is -3.00. The van der Waals surface area contributed by atoms with Crippen LogP contribution in [0.5, 0.6) is 0 Å².